The van der Waals surface area contributed by atoms with Gasteiger partial charge in [-0.05, 0) is 62.9 Å². The zero-order valence-corrected chi connectivity index (χ0v) is 26.3. The van der Waals surface area contributed by atoms with Gasteiger partial charge in [0.1, 0.15) is 11.8 Å². The largest absolute Gasteiger partial charge is 0.495 e. The molecule has 0 aliphatic rings. The lowest BCUT2D eigenvalue weighted by molar-refractivity contribution is -0.142. The number of sulfonamides is 1. The number of methoxy groups -OCH3 is 1. The van der Waals surface area contributed by atoms with Gasteiger partial charge in [-0.1, -0.05) is 66.7 Å². The van der Waals surface area contributed by atoms with E-state index in [1.54, 1.807) is 29.2 Å². The lowest BCUT2D eigenvalue weighted by Crippen LogP contribution is -2.54. The average molecular weight is 594 g/mol. The molecule has 0 saturated carbocycles. The predicted octanol–water partition coefficient (Wildman–Crippen LogP) is 5.10. The fourth-order valence-electron chi connectivity index (χ4n) is 4.80. The Morgan fingerprint density at radius 1 is 0.929 bits per heavy atom. The lowest BCUT2D eigenvalue weighted by Gasteiger charge is -2.34. The minimum Gasteiger partial charge on any atom is -0.495 e. The van der Waals surface area contributed by atoms with Gasteiger partial charge in [-0.2, -0.15) is 0 Å². The molecule has 3 rings (SSSR count). The summed E-state index contributed by atoms with van der Waals surface area (Å²) in [5.74, 6) is -0.0333. The second-order valence-corrected chi connectivity index (χ2v) is 13.4. The van der Waals surface area contributed by atoms with Crippen LogP contribution in [0.25, 0.3) is 0 Å². The van der Waals surface area contributed by atoms with Crippen molar-refractivity contribution in [3.05, 3.63) is 95.6 Å². The van der Waals surface area contributed by atoms with Crippen LogP contribution in [0.2, 0.25) is 0 Å². The first-order valence-electron chi connectivity index (χ1n) is 14.1. The highest BCUT2D eigenvalue weighted by Crippen LogP contribution is 2.30. The second-order valence-electron chi connectivity index (χ2n) is 11.5. The van der Waals surface area contributed by atoms with E-state index < -0.39 is 21.6 Å². The van der Waals surface area contributed by atoms with Crippen molar-refractivity contribution < 1.29 is 22.7 Å². The van der Waals surface area contributed by atoms with Crippen molar-refractivity contribution in [2.45, 2.75) is 65.1 Å². The molecular weight excluding hydrogens is 550 g/mol. The number of nitrogens with zero attached hydrogens (tertiary/aromatic N) is 2. The summed E-state index contributed by atoms with van der Waals surface area (Å²) < 4.78 is 32.1. The van der Waals surface area contributed by atoms with E-state index in [0.29, 0.717) is 17.9 Å². The van der Waals surface area contributed by atoms with Gasteiger partial charge in [0.15, 0.2) is 0 Å². The van der Waals surface area contributed by atoms with Crippen LogP contribution < -0.4 is 14.4 Å². The monoisotopic (exact) mass is 593 g/mol. The van der Waals surface area contributed by atoms with E-state index >= 15 is 0 Å². The molecule has 0 aromatic heterocycles. The molecule has 0 aliphatic heterocycles. The van der Waals surface area contributed by atoms with Crippen LogP contribution in [0.3, 0.4) is 0 Å². The number of ether oxygens (including phenoxy) is 1. The van der Waals surface area contributed by atoms with Gasteiger partial charge < -0.3 is 15.0 Å². The Labute approximate surface area is 250 Å². The van der Waals surface area contributed by atoms with Crippen LogP contribution >= 0.6 is 0 Å². The first kappa shape index (κ1) is 32.7. The molecule has 1 atom stereocenters. The summed E-state index contributed by atoms with van der Waals surface area (Å²) in [6.45, 7) is 8.06. The zero-order chi connectivity index (χ0) is 30.9. The maximum Gasteiger partial charge on any atom is 0.243 e. The lowest BCUT2D eigenvalue weighted by atomic mass is 9.99. The number of para-hydroxylation sites is 2. The number of hydrogen-bond acceptors (Lipinski definition) is 5. The van der Waals surface area contributed by atoms with Gasteiger partial charge in [0.25, 0.3) is 0 Å². The Kier molecular flexibility index (Phi) is 11.2. The van der Waals surface area contributed by atoms with Crippen molar-refractivity contribution >= 4 is 27.5 Å². The van der Waals surface area contributed by atoms with Gasteiger partial charge in [0.2, 0.25) is 21.8 Å². The topological polar surface area (TPSA) is 96.0 Å². The van der Waals surface area contributed by atoms with Crippen LogP contribution in [0, 0.1) is 6.92 Å². The van der Waals surface area contributed by atoms with Crippen LogP contribution in [-0.2, 0) is 32.6 Å². The first-order chi connectivity index (χ1) is 19.8. The third-order valence-electron chi connectivity index (χ3n) is 6.88. The van der Waals surface area contributed by atoms with Crippen molar-refractivity contribution in [3.8, 4) is 5.75 Å². The van der Waals surface area contributed by atoms with Crippen molar-refractivity contribution in [1.82, 2.24) is 10.2 Å². The van der Waals surface area contributed by atoms with Gasteiger partial charge in [0.05, 0.1) is 19.1 Å². The van der Waals surface area contributed by atoms with Gasteiger partial charge in [-0.25, -0.2) is 8.42 Å². The molecule has 1 N–H and O–H groups in total. The fraction of sp³-hybridized carbons (Fsp3) is 0.394. The van der Waals surface area contributed by atoms with E-state index in [2.05, 4.69) is 5.32 Å². The van der Waals surface area contributed by atoms with E-state index in [9.17, 15) is 18.0 Å². The van der Waals surface area contributed by atoms with Crippen molar-refractivity contribution in [1.29, 1.82) is 0 Å². The Bertz CT molecular complexity index is 1450. The van der Waals surface area contributed by atoms with Crippen LogP contribution in [0.5, 0.6) is 5.75 Å². The molecule has 9 heteroatoms. The first-order valence-corrected chi connectivity index (χ1v) is 16.0. The summed E-state index contributed by atoms with van der Waals surface area (Å²) in [4.78, 5) is 29.4. The van der Waals surface area contributed by atoms with Crippen molar-refractivity contribution in [2.75, 3.05) is 24.2 Å². The maximum absolute atomic E-state index is 14.0. The van der Waals surface area contributed by atoms with E-state index in [-0.39, 0.29) is 37.7 Å². The van der Waals surface area contributed by atoms with Crippen LogP contribution in [-0.4, -0.2) is 56.6 Å². The molecule has 3 aromatic rings. The SMILES string of the molecule is COc1ccccc1N(CCCC(=O)N(Cc1ccccc1C)[C@H](Cc1ccccc1)C(=O)NC(C)(C)C)S(C)(=O)=O. The van der Waals surface area contributed by atoms with Crippen LogP contribution in [0.1, 0.15) is 50.3 Å². The number of aryl methyl sites for hydroxylation is 1. The molecule has 0 bridgehead atoms. The average Bonchev–Trinajstić information content (AvgIpc) is 2.92. The van der Waals surface area contributed by atoms with Gasteiger partial charge >= 0.3 is 0 Å². The third-order valence-corrected chi connectivity index (χ3v) is 8.06. The Hall–Kier alpha value is -3.85. The molecule has 0 spiro atoms. The van der Waals surface area contributed by atoms with E-state index in [0.717, 1.165) is 22.9 Å². The molecule has 0 saturated heterocycles. The summed E-state index contributed by atoms with van der Waals surface area (Å²) in [5, 5.41) is 3.07. The summed E-state index contributed by atoms with van der Waals surface area (Å²) in [7, 11) is -2.16. The summed E-state index contributed by atoms with van der Waals surface area (Å²) >= 11 is 0. The van der Waals surface area contributed by atoms with E-state index in [4.69, 9.17) is 4.74 Å². The number of rotatable bonds is 13. The van der Waals surface area contributed by atoms with Gasteiger partial charge in [-0.15, -0.1) is 0 Å². The molecule has 3 aromatic carbocycles. The molecule has 0 aliphatic carbocycles. The number of benzene rings is 3. The number of anilines is 1. The summed E-state index contributed by atoms with van der Waals surface area (Å²) in [6, 6.07) is 23.6. The minimum absolute atomic E-state index is 0.0567. The molecule has 0 heterocycles. The van der Waals surface area contributed by atoms with Crippen LogP contribution in [0.15, 0.2) is 78.9 Å². The molecule has 42 heavy (non-hydrogen) atoms. The quantitative estimate of drug-likeness (QED) is 0.297. The fourth-order valence-corrected chi connectivity index (χ4v) is 5.76. The van der Waals surface area contributed by atoms with Gasteiger partial charge in [-0.3, -0.25) is 13.9 Å². The number of carbonyl (C=O) groups excluding carboxylic acids is 2. The smallest absolute Gasteiger partial charge is 0.243 e. The summed E-state index contributed by atoms with van der Waals surface area (Å²) in [6.07, 6.45) is 1.80. The highest BCUT2D eigenvalue weighted by molar-refractivity contribution is 7.92. The van der Waals surface area contributed by atoms with Crippen LogP contribution in [0.4, 0.5) is 5.69 Å². The predicted molar refractivity (Wildman–Crippen MR) is 168 cm³/mol. The number of hydrogen-bond donors (Lipinski definition) is 1. The number of carbonyl (C=O) groups is 2. The molecule has 226 valence electrons. The van der Waals surface area contributed by atoms with Gasteiger partial charge in [0, 0.05) is 31.5 Å². The second kappa shape index (κ2) is 14.4. The van der Waals surface area contributed by atoms with Crippen molar-refractivity contribution in [3.63, 3.8) is 0 Å². The summed E-state index contributed by atoms with van der Waals surface area (Å²) in [5.41, 5.74) is 2.82. The van der Waals surface area contributed by atoms with E-state index in [1.165, 1.54) is 11.4 Å². The molecule has 8 nitrogen and oxygen atoms in total. The normalized spacial score (nSPS) is 12.3. The zero-order valence-electron chi connectivity index (χ0n) is 25.5. The molecule has 0 unspecified atom stereocenters. The third kappa shape index (κ3) is 9.34. The number of amides is 2. The standard InChI is InChI=1S/C33H43N3O5S/c1-25-15-10-11-18-27(25)24-35(29(32(38)34-33(2,3)4)23-26-16-8-7-9-17-26)31(37)21-14-22-36(42(6,39)40)28-19-12-13-20-30(28)41-5/h7-13,15-20,29H,14,21-24H2,1-6H3,(H,34,38)/t29-/m1/s1. The number of nitrogens with one attached hydrogen (secondary N) is 1. The molecule has 0 radical (unpaired) electrons. The Morgan fingerprint density at radius 2 is 1.55 bits per heavy atom. The molecule has 2 amide bonds. The highest BCUT2D eigenvalue weighted by Gasteiger charge is 2.32. The molecular formula is C33H43N3O5S. The highest BCUT2D eigenvalue weighted by atomic mass is 32.2. The minimum atomic E-state index is -3.65. The van der Waals surface area contributed by atoms with Crippen molar-refractivity contribution in [2.24, 2.45) is 0 Å². The Morgan fingerprint density at radius 3 is 2.17 bits per heavy atom. The van der Waals surface area contributed by atoms with E-state index in [1.807, 2.05) is 82.3 Å². The molecule has 0 fully saturated rings. The Balaban J connectivity index is 1.93. The maximum atomic E-state index is 14.0.